The smallest absolute Gasteiger partial charge is 0.251 e. The maximum Gasteiger partial charge on any atom is 0.251 e. The molecule has 116 valence electrons. The van der Waals surface area contributed by atoms with Gasteiger partial charge in [0, 0.05) is 18.7 Å². The summed E-state index contributed by atoms with van der Waals surface area (Å²) in [4.78, 5) is 12.2. The van der Waals surface area contributed by atoms with Crippen LogP contribution >= 0.6 is 0 Å². The average molecular weight is 297 g/mol. The topological polar surface area (TPSA) is 38.3 Å². The molecule has 0 aliphatic carbocycles. The molecule has 0 fully saturated rings. The minimum Gasteiger partial charge on any atom is -0.377 e. The Labute approximate surface area is 132 Å². The highest BCUT2D eigenvalue weighted by Crippen LogP contribution is 2.10. The van der Waals surface area contributed by atoms with Crippen molar-refractivity contribution in [3.8, 4) is 0 Å². The highest BCUT2D eigenvalue weighted by molar-refractivity contribution is 5.94. The SMILES string of the molecule is CCOCc1ccc(CNC(=O)c2cc(C)cc(C)c2)cc1. The lowest BCUT2D eigenvalue weighted by Gasteiger charge is -2.08. The summed E-state index contributed by atoms with van der Waals surface area (Å²) in [5.41, 5.74) is 5.14. The Bertz CT molecular complexity index is 612. The second-order valence-corrected chi connectivity index (χ2v) is 5.51. The van der Waals surface area contributed by atoms with Gasteiger partial charge < -0.3 is 10.1 Å². The summed E-state index contributed by atoms with van der Waals surface area (Å²) in [7, 11) is 0. The van der Waals surface area contributed by atoms with Gasteiger partial charge >= 0.3 is 0 Å². The number of hydrogen-bond acceptors (Lipinski definition) is 2. The van der Waals surface area contributed by atoms with Crippen LogP contribution in [0.4, 0.5) is 0 Å². The van der Waals surface area contributed by atoms with Gasteiger partial charge in [0.1, 0.15) is 0 Å². The number of hydrogen-bond donors (Lipinski definition) is 1. The van der Waals surface area contributed by atoms with Gasteiger partial charge in [-0.2, -0.15) is 0 Å². The van der Waals surface area contributed by atoms with Crippen molar-refractivity contribution in [2.24, 2.45) is 0 Å². The zero-order chi connectivity index (χ0) is 15.9. The summed E-state index contributed by atoms with van der Waals surface area (Å²) >= 11 is 0. The molecule has 0 saturated carbocycles. The molecular formula is C19H23NO2. The third kappa shape index (κ3) is 4.71. The van der Waals surface area contributed by atoms with Crippen LogP contribution in [-0.4, -0.2) is 12.5 Å². The van der Waals surface area contributed by atoms with Gasteiger partial charge in [0.2, 0.25) is 0 Å². The first-order valence-corrected chi connectivity index (χ1v) is 7.60. The number of amides is 1. The first-order chi connectivity index (χ1) is 10.6. The molecule has 0 atom stereocenters. The Kier molecular flexibility index (Phi) is 5.73. The van der Waals surface area contributed by atoms with Crippen molar-refractivity contribution in [1.82, 2.24) is 5.32 Å². The third-order valence-corrected chi connectivity index (χ3v) is 3.43. The van der Waals surface area contributed by atoms with E-state index in [-0.39, 0.29) is 5.91 Å². The highest BCUT2D eigenvalue weighted by atomic mass is 16.5. The molecule has 2 aromatic rings. The van der Waals surface area contributed by atoms with Crippen molar-refractivity contribution < 1.29 is 9.53 Å². The van der Waals surface area contributed by atoms with Gasteiger partial charge in [0.15, 0.2) is 0 Å². The lowest BCUT2D eigenvalue weighted by atomic mass is 10.1. The van der Waals surface area contributed by atoms with E-state index in [9.17, 15) is 4.79 Å². The molecule has 0 spiro atoms. The maximum atomic E-state index is 12.2. The Morgan fingerprint density at radius 1 is 1.00 bits per heavy atom. The third-order valence-electron chi connectivity index (χ3n) is 3.43. The van der Waals surface area contributed by atoms with E-state index in [4.69, 9.17) is 4.74 Å². The maximum absolute atomic E-state index is 12.2. The molecule has 0 unspecified atom stereocenters. The van der Waals surface area contributed by atoms with Crippen LogP contribution in [0.15, 0.2) is 42.5 Å². The zero-order valence-electron chi connectivity index (χ0n) is 13.5. The zero-order valence-corrected chi connectivity index (χ0v) is 13.5. The number of ether oxygens (including phenoxy) is 1. The number of carbonyl (C=O) groups excluding carboxylic acids is 1. The molecule has 2 aromatic carbocycles. The molecule has 0 aliphatic rings. The van der Waals surface area contributed by atoms with Crippen molar-refractivity contribution in [3.05, 3.63) is 70.3 Å². The normalized spacial score (nSPS) is 10.5. The molecule has 3 nitrogen and oxygen atoms in total. The monoisotopic (exact) mass is 297 g/mol. The molecule has 0 saturated heterocycles. The molecule has 2 rings (SSSR count). The van der Waals surface area contributed by atoms with Crippen LogP contribution < -0.4 is 5.32 Å². The van der Waals surface area contributed by atoms with E-state index < -0.39 is 0 Å². The summed E-state index contributed by atoms with van der Waals surface area (Å²) in [6.07, 6.45) is 0. The lowest BCUT2D eigenvalue weighted by Crippen LogP contribution is -2.23. The van der Waals surface area contributed by atoms with Crippen molar-refractivity contribution in [2.45, 2.75) is 33.9 Å². The lowest BCUT2D eigenvalue weighted by molar-refractivity contribution is 0.0950. The van der Waals surface area contributed by atoms with E-state index in [2.05, 4.69) is 11.4 Å². The van der Waals surface area contributed by atoms with Crippen molar-refractivity contribution in [3.63, 3.8) is 0 Å². The van der Waals surface area contributed by atoms with Crippen LogP contribution in [-0.2, 0) is 17.9 Å². The predicted molar refractivity (Wildman–Crippen MR) is 88.9 cm³/mol. The largest absolute Gasteiger partial charge is 0.377 e. The van der Waals surface area contributed by atoms with Gasteiger partial charge in [0.25, 0.3) is 5.91 Å². The Hall–Kier alpha value is -2.13. The molecule has 1 N–H and O–H groups in total. The van der Waals surface area contributed by atoms with E-state index in [0.29, 0.717) is 25.3 Å². The second-order valence-electron chi connectivity index (χ2n) is 5.51. The number of nitrogens with one attached hydrogen (secondary N) is 1. The summed E-state index contributed by atoms with van der Waals surface area (Å²) in [5, 5.41) is 2.96. The summed E-state index contributed by atoms with van der Waals surface area (Å²) in [6.45, 7) is 7.86. The van der Waals surface area contributed by atoms with Crippen LogP contribution in [0, 0.1) is 13.8 Å². The van der Waals surface area contributed by atoms with Crippen LogP contribution in [0.5, 0.6) is 0 Å². The fraction of sp³-hybridized carbons (Fsp3) is 0.316. The number of aryl methyl sites for hydroxylation is 2. The standard InChI is InChI=1S/C19H23NO2/c1-4-22-13-17-7-5-16(6-8-17)12-20-19(21)18-10-14(2)9-15(3)11-18/h5-11H,4,12-13H2,1-3H3,(H,20,21). The van der Waals surface area contributed by atoms with Crippen LogP contribution in [0.1, 0.15) is 39.5 Å². The molecule has 0 aliphatic heterocycles. The van der Waals surface area contributed by atoms with Crippen molar-refractivity contribution in [2.75, 3.05) is 6.61 Å². The summed E-state index contributed by atoms with van der Waals surface area (Å²) < 4.78 is 5.37. The fourth-order valence-corrected chi connectivity index (χ4v) is 2.36. The van der Waals surface area contributed by atoms with E-state index in [1.807, 2.05) is 57.2 Å². The van der Waals surface area contributed by atoms with Gasteiger partial charge in [-0.05, 0) is 44.0 Å². The van der Waals surface area contributed by atoms with Crippen LogP contribution in [0.25, 0.3) is 0 Å². The molecule has 0 radical (unpaired) electrons. The Morgan fingerprint density at radius 3 is 2.18 bits per heavy atom. The van der Waals surface area contributed by atoms with E-state index in [1.54, 1.807) is 0 Å². The highest BCUT2D eigenvalue weighted by Gasteiger charge is 2.06. The van der Waals surface area contributed by atoms with Gasteiger partial charge in [-0.15, -0.1) is 0 Å². The quantitative estimate of drug-likeness (QED) is 0.881. The number of rotatable bonds is 6. The summed E-state index contributed by atoms with van der Waals surface area (Å²) in [6, 6.07) is 14.0. The first kappa shape index (κ1) is 16.2. The van der Waals surface area contributed by atoms with Gasteiger partial charge in [-0.1, -0.05) is 41.5 Å². The van der Waals surface area contributed by atoms with Gasteiger partial charge in [-0.25, -0.2) is 0 Å². The van der Waals surface area contributed by atoms with Crippen molar-refractivity contribution in [1.29, 1.82) is 0 Å². The fourth-order valence-electron chi connectivity index (χ4n) is 2.36. The Balaban J connectivity index is 1.93. The molecule has 22 heavy (non-hydrogen) atoms. The van der Waals surface area contributed by atoms with Gasteiger partial charge in [-0.3, -0.25) is 4.79 Å². The summed E-state index contributed by atoms with van der Waals surface area (Å²) in [5.74, 6) is -0.0369. The Morgan fingerprint density at radius 2 is 1.59 bits per heavy atom. The van der Waals surface area contributed by atoms with Gasteiger partial charge in [0.05, 0.1) is 6.61 Å². The molecule has 1 amide bonds. The van der Waals surface area contributed by atoms with E-state index >= 15 is 0 Å². The molecule has 0 aromatic heterocycles. The minimum atomic E-state index is -0.0369. The molecular weight excluding hydrogens is 274 g/mol. The second kappa shape index (κ2) is 7.76. The number of benzene rings is 2. The van der Waals surface area contributed by atoms with Crippen LogP contribution in [0.2, 0.25) is 0 Å². The molecule has 0 bridgehead atoms. The van der Waals surface area contributed by atoms with E-state index in [1.165, 1.54) is 0 Å². The minimum absolute atomic E-state index is 0.0369. The number of carbonyl (C=O) groups is 1. The molecule has 0 heterocycles. The first-order valence-electron chi connectivity index (χ1n) is 7.60. The van der Waals surface area contributed by atoms with E-state index in [0.717, 1.165) is 22.3 Å². The van der Waals surface area contributed by atoms with Crippen molar-refractivity contribution >= 4 is 5.91 Å². The predicted octanol–water partition coefficient (Wildman–Crippen LogP) is 3.77. The molecule has 3 heteroatoms. The average Bonchev–Trinajstić information content (AvgIpc) is 2.50. The van der Waals surface area contributed by atoms with Crippen LogP contribution in [0.3, 0.4) is 0 Å².